The van der Waals surface area contributed by atoms with Gasteiger partial charge in [0, 0.05) is 22.9 Å². The number of methoxy groups -OCH3 is 1. The van der Waals surface area contributed by atoms with Gasteiger partial charge in [-0.1, -0.05) is 36.5 Å². The van der Waals surface area contributed by atoms with E-state index in [1.54, 1.807) is 7.11 Å². The Morgan fingerprint density at radius 3 is 2.48 bits per heavy atom. The average molecular weight is 615 g/mol. The molecule has 6 aromatic rings. The molecule has 0 N–H and O–H groups in total. The van der Waals surface area contributed by atoms with Gasteiger partial charge in [0.1, 0.15) is 17.2 Å². The summed E-state index contributed by atoms with van der Waals surface area (Å²) in [6.07, 6.45) is 4.72. The van der Waals surface area contributed by atoms with Gasteiger partial charge >= 0.3 is 0 Å². The van der Waals surface area contributed by atoms with Gasteiger partial charge in [-0.05, 0) is 83.0 Å². The summed E-state index contributed by atoms with van der Waals surface area (Å²) in [6, 6.07) is 23.2. The van der Waals surface area contributed by atoms with E-state index in [9.17, 15) is 4.79 Å². The standard InChI is InChI=1S/C30H24BrN5O3S/c1-3-15-39-23-12-9-19(10-13-23)28-32-30-36(34-28)29(37)26(40-30)17-21-18-35(22-7-5-4-6-8-22)33-27(21)20-11-14-25(38-2)24(31)16-20/h4-14,16-18H,3,15H2,1-2H3/b26-17-. The molecule has 3 aromatic heterocycles. The third-order valence-corrected chi connectivity index (χ3v) is 7.82. The summed E-state index contributed by atoms with van der Waals surface area (Å²) in [6.45, 7) is 2.73. The molecule has 0 spiro atoms. The number of halogens is 1. The van der Waals surface area contributed by atoms with Crippen LogP contribution in [0, 0.1) is 0 Å². The zero-order valence-corrected chi connectivity index (χ0v) is 24.1. The molecule has 0 saturated heterocycles. The van der Waals surface area contributed by atoms with Gasteiger partial charge in [0.2, 0.25) is 4.96 Å². The molecular weight excluding hydrogens is 590 g/mol. The number of benzene rings is 3. The maximum atomic E-state index is 13.4. The number of aromatic nitrogens is 5. The topological polar surface area (TPSA) is 83.5 Å². The van der Waals surface area contributed by atoms with Crippen molar-refractivity contribution in [3.63, 3.8) is 0 Å². The minimum absolute atomic E-state index is 0.226. The first kappa shape index (κ1) is 26.0. The first-order chi connectivity index (χ1) is 19.5. The zero-order chi connectivity index (χ0) is 27.6. The van der Waals surface area contributed by atoms with Crippen LogP contribution in [0.4, 0.5) is 0 Å². The second-order valence-corrected chi connectivity index (χ2v) is 10.8. The summed E-state index contributed by atoms with van der Waals surface area (Å²) in [7, 11) is 1.63. The molecule has 0 atom stereocenters. The summed E-state index contributed by atoms with van der Waals surface area (Å²) in [5.74, 6) is 2.02. The molecule has 6 rings (SSSR count). The number of rotatable bonds is 8. The molecule has 3 heterocycles. The minimum atomic E-state index is -0.226. The first-order valence-corrected chi connectivity index (χ1v) is 14.3. The number of para-hydroxylation sites is 1. The van der Waals surface area contributed by atoms with Crippen LogP contribution in [0.25, 0.3) is 39.4 Å². The van der Waals surface area contributed by atoms with E-state index in [0.29, 0.717) is 21.9 Å². The molecule has 3 aromatic carbocycles. The third-order valence-electron chi connectivity index (χ3n) is 6.24. The third kappa shape index (κ3) is 5.03. The second kappa shape index (κ2) is 11.1. The number of thiazole rings is 1. The summed E-state index contributed by atoms with van der Waals surface area (Å²) < 4.78 is 15.6. The molecule has 0 aliphatic carbocycles. The van der Waals surface area contributed by atoms with Gasteiger partial charge in [-0.3, -0.25) is 4.79 Å². The van der Waals surface area contributed by atoms with Crippen molar-refractivity contribution in [2.24, 2.45) is 0 Å². The highest BCUT2D eigenvalue weighted by Crippen LogP contribution is 2.32. The van der Waals surface area contributed by atoms with Crippen LogP contribution in [-0.2, 0) is 0 Å². The van der Waals surface area contributed by atoms with E-state index >= 15 is 0 Å². The lowest BCUT2D eigenvalue weighted by Crippen LogP contribution is -2.23. The maximum Gasteiger partial charge on any atom is 0.291 e. The van der Waals surface area contributed by atoms with Gasteiger partial charge < -0.3 is 9.47 Å². The fourth-order valence-electron chi connectivity index (χ4n) is 4.26. The lowest BCUT2D eigenvalue weighted by Gasteiger charge is -2.05. The van der Waals surface area contributed by atoms with Crippen LogP contribution >= 0.6 is 27.3 Å². The van der Waals surface area contributed by atoms with E-state index < -0.39 is 0 Å². The lowest BCUT2D eigenvalue weighted by atomic mass is 10.1. The minimum Gasteiger partial charge on any atom is -0.496 e. The molecule has 0 unspecified atom stereocenters. The van der Waals surface area contributed by atoms with Crippen molar-refractivity contribution < 1.29 is 9.47 Å². The zero-order valence-electron chi connectivity index (χ0n) is 21.7. The largest absolute Gasteiger partial charge is 0.496 e. The van der Waals surface area contributed by atoms with E-state index in [2.05, 4.69) is 32.9 Å². The average Bonchev–Trinajstić information content (AvgIpc) is 3.67. The van der Waals surface area contributed by atoms with Crippen molar-refractivity contribution >= 4 is 38.3 Å². The molecule has 40 heavy (non-hydrogen) atoms. The Kier molecular flexibility index (Phi) is 7.19. The maximum absolute atomic E-state index is 13.4. The quantitative estimate of drug-likeness (QED) is 0.216. The van der Waals surface area contributed by atoms with Crippen molar-refractivity contribution in [1.82, 2.24) is 24.4 Å². The van der Waals surface area contributed by atoms with E-state index in [4.69, 9.17) is 14.6 Å². The highest BCUT2D eigenvalue weighted by atomic mass is 79.9. The molecule has 200 valence electrons. The van der Waals surface area contributed by atoms with Crippen molar-refractivity contribution in [2.75, 3.05) is 13.7 Å². The van der Waals surface area contributed by atoms with Crippen LogP contribution in [-0.4, -0.2) is 38.1 Å². The van der Waals surface area contributed by atoms with Crippen LogP contribution in [0.1, 0.15) is 18.9 Å². The van der Waals surface area contributed by atoms with E-state index in [1.165, 1.54) is 15.9 Å². The van der Waals surface area contributed by atoms with E-state index in [-0.39, 0.29) is 5.56 Å². The Morgan fingerprint density at radius 2 is 1.77 bits per heavy atom. The molecule has 0 fully saturated rings. The van der Waals surface area contributed by atoms with Crippen molar-refractivity contribution in [3.8, 4) is 39.8 Å². The monoisotopic (exact) mass is 613 g/mol. The fourth-order valence-corrected chi connectivity index (χ4v) is 5.70. The molecule has 0 saturated carbocycles. The number of ether oxygens (including phenoxy) is 2. The van der Waals surface area contributed by atoms with Gasteiger partial charge in [0.25, 0.3) is 5.56 Å². The normalized spacial score (nSPS) is 11.8. The molecule has 10 heteroatoms. The Balaban J connectivity index is 1.41. The predicted octanol–water partition coefficient (Wildman–Crippen LogP) is 5.78. The molecular formula is C30H24BrN5O3S. The summed E-state index contributed by atoms with van der Waals surface area (Å²) >= 11 is 4.87. The Hall–Kier alpha value is -4.28. The number of fused-ring (bicyclic) bond motifs is 1. The molecule has 0 aliphatic heterocycles. The fraction of sp³-hybridized carbons (Fsp3) is 0.133. The van der Waals surface area contributed by atoms with Crippen LogP contribution in [0.15, 0.2) is 88.3 Å². The highest BCUT2D eigenvalue weighted by Gasteiger charge is 2.16. The second-order valence-electron chi connectivity index (χ2n) is 8.98. The number of hydrogen-bond donors (Lipinski definition) is 0. The number of nitrogens with zero attached hydrogens (tertiary/aromatic N) is 5. The molecule has 0 radical (unpaired) electrons. The van der Waals surface area contributed by atoms with Gasteiger partial charge in [-0.15, -0.1) is 5.10 Å². The Bertz CT molecular complexity index is 1910. The van der Waals surface area contributed by atoms with Crippen molar-refractivity contribution in [2.45, 2.75) is 13.3 Å². The smallest absolute Gasteiger partial charge is 0.291 e. The van der Waals surface area contributed by atoms with Gasteiger partial charge in [0.15, 0.2) is 5.82 Å². The molecule has 0 amide bonds. The van der Waals surface area contributed by atoms with Crippen LogP contribution < -0.4 is 19.6 Å². The van der Waals surface area contributed by atoms with E-state index in [0.717, 1.165) is 50.5 Å². The van der Waals surface area contributed by atoms with Gasteiger partial charge in [-0.2, -0.15) is 14.6 Å². The van der Waals surface area contributed by atoms with Crippen molar-refractivity contribution in [3.05, 3.63) is 104 Å². The molecule has 0 aliphatic rings. The number of hydrogen-bond acceptors (Lipinski definition) is 7. The molecule has 8 nitrogen and oxygen atoms in total. The van der Waals surface area contributed by atoms with Crippen LogP contribution in [0.3, 0.4) is 0 Å². The molecule has 0 bridgehead atoms. The first-order valence-electron chi connectivity index (χ1n) is 12.7. The Morgan fingerprint density at radius 1 is 1.00 bits per heavy atom. The summed E-state index contributed by atoms with van der Waals surface area (Å²) in [5, 5.41) is 9.37. The van der Waals surface area contributed by atoms with Gasteiger partial charge in [-0.25, -0.2) is 4.68 Å². The van der Waals surface area contributed by atoms with Gasteiger partial charge in [0.05, 0.1) is 28.4 Å². The Labute approximate surface area is 242 Å². The SMILES string of the molecule is CCCOc1ccc(-c2nc3s/c(=C\c4cn(-c5ccccc5)nc4-c4ccc(OC)c(Br)c4)c(=O)n3n2)cc1. The van der Waals surface area contributed by atoms with E-state index in [1.807, 2.05) is 89.8 Å². The highest BCUT2D eigenvalue weighted by molar-refractivity contribution is 9.10. The lowest BCUT2D eigenvalue weighted by molar-refractivity contribution is 0.317. The van der Waals surface area contributed by atoms with Crippen LogP contribution in [0.5, 0.6) is 11.5 Å². The summed E-state index contributed by atoms with van der Waals surface area (Å²) in [5.41, 5.74) is 3.92. The predicted molar refractivity (Wildman–Crippen MR) is 160 cm³/mol. The van der Waals surface area contributed by atoms with Crippen molar-refractivity contribution in [1.29, 1.82) is 0 Å². The summed E-state index contributed by atoms with van der Waals surface area (Å²) in [4.78, 5) is 18.5. The van der Waals surface area contributed by atoms with Crippen LogP contribution in [0.2, 0.25) is 0 Å².